The van der Waals surface area contributed by atoms with Crippen molar-refractivity contribution in [3.05, 3.63) is 0 Å². The van der Waals surface area contributed by atoms with Crippen molar-refractivity contribution in [3.8, 4) is 0 Å². The second-order valence-electron chi connectivity index (χ2n) is 4.61. The van der Waals surface area contributed by atoms with E-state index in [1.54, 1.807) is 0 Å². The van der Waals surface area contributed by atoms with Gasteiger partial charge in [0.25, 0.3) is 0 Å². The zero-order valence-electron chi connectivity index (χ0n) is 13.7. The van der Waals surface area contributed by atoms with Gasteiger partial charge in [-0.05, 0) is 39.0 Å². The molecule has 0 unspecified atom stereocenters. The summed E-state index contributed by atoms with van der Waals surface area (Å²) < 4.78 is 44.4. The molecule has 88 valence electrons. The monoisotopic (exact) mass is 216 g/mol. The van der Waals surface area contributed by atoms with Gasteiger partial charge in [-0.3, -0.25) is 0 Å². The molecule has 2 aliphatic heterocycles. The van der Waals surface area contributed by atoms with Crippen LogP contribution in [0.5, 0.6) is 0 Å². The van der Waals surface area contributed by atoms with Crippen LogP contribution in [0.25, 0.3) is 0 Å². The van der Waals surface area contributed by atoms with Gasteiger partial charge in [0, 0.05) is 18.3 Å². The van der Waals surface area contributed by atoms with Crippen LogP contribution in [-0.4, -0.2) is 18.0 Å². The van der Waals surface area contributed by atoms with Crippen LogP contribution in [0.2, 0.25) is 0 Å². The van der Waals surface area contributed by atoms with E-state index in [2.05, 4.69) is 0 Å². The predicted molar refractivity (Wildman–Crippen MR) is 60.8 cm³/mol. The second kappa shape index (κ2) is 4.84. The molecule has 0 amide bonds. The molecule has 0 aliphatic carbocycles. The van der Waals surface area contributed by atoms with Crippen molar-refractivity contribution in [1.29, 1.82) is 0 Å². The molecule has 0 aromatic carbocycles. The maximum Gasteiger partial charge on any atom is 0.169 e. The minimum Gasteiger partial charge on any atom is -0.347 e. The molecule has 2 nitrogen and oxygen atoms in total. The number of hydrogen-bond donors (Lipinski definition) is 0. The first-order valence-corrected chi connectivity index (χ1v) is 6.10. The van der Waals surface area contributed by atoms with Gasteiger partial charge in [0.2, 0.25) is 0 Å². The molecule has 15 heavy (non-hydrogen) atoms. The Morgan fingerprint density at radius 1 is 1.40 bits per heavy atom. The molecule has 2 heterocycles. The lowest BCUT2D eigenvalue weighted by atomic mass is 9.92. The fourth-order valence-corrected chi connectivity index (χ4v) is 2.37. The average molecular weight is 216 g/mol. The molecular formula is C13H24O2. The molecular weight excluding hydrogens is 188 g/mol. The van der Waals surface area contributed by atoms with Gasteiger partial charge in [-0.1, -0.05) is 13.3 Å². The van der Waals surface area contributed by atoms with E-state index in [1.807, 2.05) is 13.8 Å². The average Bonchev–Trinajstić information content (AvgIpc) is 2.26. The van der Waals surface area contributed by atoms with Gasteiger partial charge in [-0.15, -0.1) is 0 Å². The largest absolute Gasteiger partial charge is 0.347 e. The number of hydrogen-bond acceptors (Lipinski definition) is 2. The molecule has 0 aromatic rings. The fraction of sp³-hybridized carbons (Fsp3) is 1.00. The molecule has 1 spiro atoms. The summed E-state index contributed by atoms with van der Waals surface area (Å²) in [5.41, 5.74) is 0. The Kier molecular flexibility index (Phi) is 2.35. The minimum absolute atomic E-state index is 0.0833. The van der Waals surface area contributed by atoms with E-state index >= 15 is 0 Å². The highest BCUT2D eigenvalue weighted by Crippen LogP contribution is 2.39. The highest BCUT2D eigenvalue weighted by Gasteiger charge is 2.41. The maximum absolute atomic E-state index is 8.23. The Bertz CT molecular complexity index is 335. The summed E-state index contributed by atoms with van der Waals surface area (Å²) in [6.07, 6.45) is -0.490. The molecule has 2 rings (SSSR count). The summed E-state index contributed by atoms with van der Waals surface area (Å²) >= 11 is 0. The van der Waals surface area contributed by atoms with Crippen LogP contribution in [0.4, 0.5) is 0 Å². The molecule has 0 radical (unpaired) electrons. The Hall–Kier alpha value is -0.0800. The first kappa shape index (κ1) is 7.29. The first-order valence-electron chi connectivity index (χ1n) is 8.10. The summed E-state index contributed by atoms with van der Waals surface area (Å²) in [6.45, 7) is 3.93. The summed E-state index contributed by atoms with van der Waals surface area (Å²) in [6, 6.07) is 0. The SMILES string of the molecule is [2H]C1([2H])C[C@H](CCC)O[C@]2(CCC[C@H](C)O2)C1([2H])[2H]. The van der Waals surface area contributed by atoms with Crippen LogP contribution in [0.15, 0.2) is 0 Å². The van der Waals surface area contributed by atoms with Crippen molar-refractivity contribution >= 4 is 0 Å². The molecule has 0 aromatic heterocycles. The van der Waals surface area contributed by atoms with E-state index < -0.39 is 18.5 Å². The normalized spacial score (nSPS) is 52.7. The molecule has 0 saturated carbocycles. The lowest BCUT2D eigenvalue weighted by Crippen LogP contribution is -2.47. The van der Waals surface area contributed by atoms with Crippen molar-refractivity contribution in [3.63, 3.8) is 0 Å². The minimum atomic E-state index is -2.11. The Labute approximate surface area is 99.0 Å². The highest BCUT2D eigenvalue weighted by molar-refractivity contribution is 4.82. The van der Waals surface area contributed by atoms with Crippen LogP contribution in [0, 0.1) is 0 Å². The van der Waals surface area contributed by atoms with Gasteiger partial charge in [-0.25, -0.2) is 0 Å². The van der Waals surface area contributed by atoms with Crippen LogP contribution in [0.1, 0.15) is 70.6 Å². The molecule has 2 saturated heterocycles. The van der Waals surface area contributed by atoms with E-state index in [-0.39, 0.29) is 18.6 Å². The fourth-order valence-electron chi connectivity index (χ4n) is 2.37. The summed E-state index contributed by atoms with van der Waals surface area (Å²) in [5.74, 6) is -1.41. The molecule has 0 bridgehead atoms. The van der Waals surface area contributed by atoms with E-state index in [9.17, 15) is 0 Å². The highest BCUT2D eigenvalue weighted by atomic mass is 16.7. The predicted octanol–water partition coefficient (Wildman–Crippen LogP) is 3.64. The second-order valence-corrected chi connectivity index (χ2v) is 4.61. The molecule has 2 fully saturated rings. The molecule has 3 atom stereocenters. The zero-order valence-corrected chi connectivity index (χ0v) is 9.71. The molecule has 0 N–H and O–H groups in total. The third kappa shape index (κ3) is 2.73. The van der Waals surface area contributed by atoms with Gasteiger partial charge in [0.05, 0.1) is 12.2 Å². The van der Waals surface area contributed by atoms with Crippen LogP contribution in [-0.2, 0) is 9.47 Å². The van der Waals surface area contributed by atoms with Gasteiger partial charge in [0.1, 0.15) is 0 Å². The summed E-state index contributed by atoms with van der Waals surface area (Å²) in [4.78, 5) is 0. The standard InChI is InChI=1S/C13H24O2/c1-3-6-12-8-5-10-13(15-12)9-4-7-11(2)14-13/h11-12H,3-10H2,1-2H3/t11-,12-,13+/m0/s1/i5D2,10D2. The number of ether oxygens (including phenoxy) is 2. The zero-order chi connectivity index (χ0) is 14.3. The Morgan fingerprint density at radius 3 is 3.00 bits per heavy atom. The van der Waals surface area contributed by atoms with Crippen molar-refractivity contribution < 1.29 is 15.0 Å². The quantitative estimate of drug-likeness (QED) is 0.701. The maximum atomic E-state index is 8.23. The number of rotatable bonds is 2. The summed E-state index contributed by atoms with van der Waals surface area (Å²) in [7, 11) is 0. The van der Waals surface area contributed by atoms with Crippen LogP contribution < -0.4 is 0 Å². The molecule has 2 heteroatoms. The van der Waals surface area contributed by atoms with E-state index in [4.69, 9.17) is 15.0 Å². The lowest BCUT2D eigenvalue weighted by molar-refractivity contribution is -0.312. The third-order valence-corrected chi connectivity index (χ3v) is 3.08. The molecule has 2 aliphatic rings. The lowest BCUT2D eigenvalue weighted by Gasteiger charge is -2.45. The van der Waals surface area contributed by atoms with Gasteiger partial charge in [-0.2, -0.15) is 0 Å². The van der Waals surface area contributed by atoms with Crippen molar-refractivity contribution in [2.24, 2.45) is 0 Å². The van der Waals surface area contributed by atoms with Crippen LogP contribution >= 0.6 is 0 Å². The Morgan fingerprint density at radius 2 is 2.27 bits per heavy atom. The topological polar surface area (TPSA) is 18.5 Å². The van der Waals surface area contributed by atoms with Crippen molar-refractivity contribution in [2.45, 2.75) is 83.1 Å². The van der Waals surface area contributed by atoms with Gasteiger partial charge >= 0.3 is 0 Å². The van der Waals surface area contributed by atoms with Gasteiger partial charge < -0.3 is 9.47 Å². The summed E-state index contributed by atoms with van der Waals surface area (Å²) in [5, 5.41) is 0. The van der Waals surface area contributed by atoms with Gasteiger partial charge in [0.15, 0.2) is 5.79 Å². The van der Waals surface area contributed by atoms with E-state index in [0.717, 1.165) is 25.7 Å². The van der Waals surface area contributed by atoms with Crippen molar-refractivity contribution in [1.82, 2.24) is 0 Å². The third-order valence-electron chi connectivity index (χ3n) is 3.08. The first-order chi connectivity index (χ1) is 8.74. The smallest absolute Gasteiger partial charge is 0.169 e. The van der Waals surface area contributed by atoms with Crippen LogP contribution in [0.3, 0.4) is 0 Å². The van der Waals surface area contributed by atoms with E-state index in [1.165, 1.54) is 0 Å². The van der Waals surface area contributed by atoms with Crippen molar-refractivity contribution in [2.75, 3.05) is 0 Å². The van der Waals surface area contributed by atoms with E-state index in [0.29, 0.717) is 6.42 Å². The Balaban J connectivity index is 2.31.